The molecule has 3 atom stereocenters. The van der Waals surface area contributed by atoms with Crippen LogP contribution in [0.3, 0.4) is 0 Å². The Kier molecular flexibility index (Phi) is 4.61. The number of carbonyl (C=O) groups excluding carboxylic acids is 1. The van der Waals surface area contributed by atoms with E-state index in [2.05, 4.69) is 4.98 Å². The summed E-state index contributed by atoms with van der Waals surface area (Å²) in [4.78, 5) is 31.0. The molecule has 2 saturated heterocycles. The van der Waals surface area contributed by atoms with Crippen molar-refractivity contribution in [3.8, 4) is 0 Å². The van der Waals surface area contributed by atoms with E-state index in [4.69, 9.17) is 0 Å². The molecule has 4 fully saturated rings. The molecule has 7 rings (SSSR count). The number of nitrogens with one attached hydrogen (secondary N) is 1. The smallest absolute Gasteiger partial charge is 0.309 e. The van der Waals surface area contributed by atoms with Gasteiger partial charge in [0.15, 0.2) is 0 Å². The summed E-state index contributed by atoms with van der Waals surface area (Å²) in [5, 5.41) is 10.4. The number of amides is 1. The number of nitrogens with zero attached hydrogens (tertiary/aromatic N) is 1. The zero-order valence-electron chi connectivity index (χ0n) is 18.3. The van der Waals surface area contributed by atoms with Gasteiger partial charge in [-0.25, -0.2) is 4.39 Å². The second-order valence-electron chi connectivity index (χ2n) is 10.2. The number of aromatic amines is 1. The van der Waals surface area contributed by atoms with Crippen LogP contribution >= 0.6 is 0 Å². The van der Waals surface area contributed by atoms with Crippen LogP contribution in [0.2, 0.25) is 0 Å². The van der Waals surface area contributed by atoms with Gasteiger partial charge in [0.2, 0.25) is 5.91 Å². The van der Waals surface area contributed by atoms with Crippen molar-refractivity contribution in [3.63, 3.8) is 0 Å². The molecule has 3 unspecified atom stereocenters. The summed E-state index contributed by atoms with van der Waals surface area (Å²) >= 11 is 0. The summed E-state index contributed by atoms with van der Waals surface area (Å²) in [6, 6.07) is 14.8. The highest BCUT2D eigenvalue weighted by Gasteiger charge is 2.59. The lowest BCUT2D eigenvalue weighted by Crippen LogP contribution is -2.65. The van der Waals surface area contributed by atoms with Gasteiger partial charge in [0.25, 0.3) is 0 Å². The van der Waals surface area contributed by atoms with E-state index in [1.54, 1.807) is 6.07 Å². The lowest BCUT2D eigenvalue weighted by Gasteiger charge is -2.60. The third-order valence-corrected chi connectivity index (χ3v) is 8.31. The molecule has 1 aromatic heterocycles. The van der Waals surface area contributed by atoms with Crippen LogP contribution in [0.25, 0.3) is 10.9 Å². The van der Waals surface area contributed by atoms with Gasteiger partial charge in [0, 0.05) is 41.5 Å². The van der Waals surface area contributed by atoms with Gasteiger partial charge in [-0.3, -0.25) is 9.59 Å². The number of aliphatic carboxylic acids is 1. The van der Waals surface area contributed by atoms with E-state index < -0.39 is 11.4 Å². The molecule has 2 N–H and O–H groups in total. The quantitative estimate of drug-likeness (QED) is 0.575. The highest BCUT2D eigenvalue weighted by atomic mass is 19.1. The Bertz CT molecular complexity index is 1220. The Hall–Kier alpha value is -3.15. The standard InChI is InChI=1S/C27H27FN2O3/c28-22-7-4-8-23-25(22)21(15-29-23)20(17-5-2-1-3-6-17)11-24(31)30-18-9-16-10-19(30)14-27(12-16,13-18)26(32)33/h1-8,15-16,18-20,29H,9-14H2,(H,32,33). The number of piperidine rings is 2. The van der Waals surface area contributed by atoms with Crippen molar-refractivity contribution in [1.82, 2.24) is 9.88 Å². The second kappa shape index (κ2) is 7.44. The molecule has 33 heavy (non-hydrogen) atoms. The minimum absolute atomic E-state index is 0.00372. The van der Waals surface area contributed by atoms with Crippen molar-refractivity contribution in [2.45, 2.75) is 56.5 Å². The van der Waals surface area contributed by atoms with Crippen molar-refractivity contribution in [2.24, 2.45) is 11.3 Å². The van der Waals surface area contributed by atoms with E-state index in [-0.39, 0.29) is 36.1 Å². The number of halogens is 1. The Morgan fingerprint density at radius 3 is 2.48 bits per heavy atom. The summed E-state index contributed by atoms with van der Waals surface area (Å²) in [7, 11) is 0. The average Bonchev–Trinajstić information content (AvgIpc) is 3.22. The minimum atomic E-state index is -0.703. The van der Waals surface area contributed by atoms with Crippen LogP contribution in [0.4, 0.5) is 4.39 Å². The molecule has 4 bridgehead atoms. The maximum absolute atomic E-state index is 14.8. The maximum Gasteiger partial charge on any atom is 0.309 e. The average molecular weight is 447 g/mol. The predicted molar refractivity (Wildman–Crippen MR) is 122 cm³/mol. The zero-order chi connectivity index (χ0) is 22.7. The van der Waals surface area contributed by atoms with Crippen LogP contribution in [0.1, 0.15) is 55.6 Å². The van der Waals surface area contributed by atoms with Gasteiger partial charge in [-0.2, -0.15) is 0 Å². The molecule has 2 aromatic carbocycles. The van der Waals surface area contributed by atoms with Crippen LogP contribution in [0, 0.1) is 17.2 Å². The summed E-state index contributed by atoms with van der Waals surface area (Å²) < 4.78 is 14.8. The SMILES string of the molecule is O=C(CC(c1ccccc1)c1c[nH]c2cccc(F)c12)N1C2CC3CC1CC(C(=O)O)(C3)C2. The van der Waals surface area contributed by atoms with Gasteiger partial charge < -0.3 is 15.0 Å². The second-order valence-corrected chi connectivity index (χ2v) is 10.2. The van der Waals surface area contributed by atoms with Crippen LogP contribution in [-0.2, 0) is 9.59 Å². The molecule has 0 spiro atoms. The van der Waals surface area contributed by atoms with Crippen LogP contribution in [-0.4, -0.2) is 39.0 Å². The molecule has 3 aromatic rings. The fourth-order valence-electron chi connectivity index (χ4n) is 7.11. The van der Waals surface area contributed by atoms with Crippen LogP contribution < -0.4 is 0 Å². The summed E-state index contributed by atoms with van der Waals surface area (Å²) in [5.74, 6) is -0.838. The first kappa shape index (κ1) is 20.5. The van der Waals surface area contributed by atoms with E-state index in [1.807, 2.05) is 47.5 Å². The van der Waals surface area contributed by atoms with E-state index in [0.717, 1.165) is 35.9 Å². The molecule has 1 amide bonds. The number of H-pyrrole nitrogens is 1. The van der Waals surface area contributed by atoms with Gasteiger partial charge in [-0.05, 0) is 61.3 Å². The van der Waals surface area contributed by atoms with E-state index in [9.17, 15) is 19.1 Å². The van der Waals surface area contributed by atoms with Gasteiger partial charge in [-0.1, -0.05) is 36.4 Å². The largest absolute Gasteiger partial charge is 0.481 e. The molecule has 0 radical (unpaired) electrons. The Morgan fingerprint density at radius 2 is 1.79 bits per heavy atom. The Morgan fingerprint density at radius 1 is 1.06 bits per heavy atom. The van der Waals surface area contributed by atoms with Crippen molar-refractivity contribution >= 4 is 22.8 Å². The molecule has 6 heteroatoms. The fourth-order valence-corrected chi connectivity index (χ4v) is 7.11. The number of benzene rings is 2. The molecule has 5 nitrogen and oxygen atoms in total. The molecular formula is C27H27FN2O3. The first-order valence-corrected chi connectivity index (χ1v) is 11.8. The van der Waals surface area contributed by atoms with Gasteiger partial charge in [0.1, 0.15) is 5.82 Å². The molecule has 2 aliphatic heterocycles. The molecule has 2 aliphatic carbocycles. The number of carboxylic acids is 1. The van der Waals surface area contributed by atoms with E-state index in [0.29, 0.717) is 24.1 Å². The number of hydrogen-bond donors (Lipinski definition) is 2. The van der Waals surface area contributed by atoms with Crippen molar-refractivity contribution in [1.29, 1.82) is 0 Å². The monoisotopic (exact) mass is 446 g/mol. The number of aromatic nitrogens is 1. The minimum Gasteiger partial charge on any atom is -0.481 e. The lowest BCUT2D eigenvalue weighted by molar-refractivity contribution is -0.178. The summed E-state index contributed by atoms with van der Waals surface area (Å²) in [5.41, 5.74) is 1.82. The van der Waals surface area contributed by atoms with Gasteiger partial charge in [0.05, 0.1) is 5.41 Å². The van der Waals surface area contributed by atoms with Crippen molar-refractivity contribution in [3.05, 3.63) is 71.7 Å². The molecule has 3 heterocycles. The topological polar surface area (TPSA) is 73.4 Å². The molecular weight excluding hydrogens is 419 g/mol. The lowest BCUT2D eigenvalue weighted by atomic mass is 9.55. The highest BCUT2D eigenvalue weighted by molar-refractivity contribution is 5.87. The van der Waals surface area contributed by atoms with Crippen molar-refractivity contribution in [2.75, 3.05) is 0 Å². The number of carboxylic acid groups (broad SMARTS) is 1. The molecule has 2 saturated carbocycles. The summed E-state index contributed by atoms with van der Waals surface area (Å²) in [6.45, 7) is 0. The fraction of sp³-hybridized carbons (Fsp3) is 0.407. The number of fused-ring (bicyclic) bond motifs is 1. The number of hydrogen-bond acceptors (Lipinski definition) is 2. The molecule has 4 aliphatic rings. The van der Waals surface area contributed by atoms with Crippen molar-refractivity contribution < 1.29 is 19.1 Å². The van der Waals surface area contributed by atoms with E-state index in [1.165, 1.54) is 6.07 Å². The Balaban J connectivity index is 1.35. The number of rotatable bonds is 5. The van der Waals surface area contributed by atoms with Crippen LogP contribution in [0.5, 0.6) is 0 Å². The maximum atomic E-state index is 14.8. The zero-order valence-corrected chi connectivity index (χ0v) is 18.3. The summed E-state index contributed by atoms with van der Waals surface area (Å²) in [6.07, 6.45) is 5.72. The predicted octanol–water partition coefficient (Wildman–Crippen LogP) is 5.07. The third-order valence-electron chi connectivity index (χ3n) is 8.31. The highest BCUT2D eigenvalue weighted by Crippen LogP contribution is 2.56. The van der Waals surface area contributed by atoms with Gasteiger partial charge in [-0.15, -0.1) is 0 Å². The molecule has 170 valence electrons. The van der Waals surface area contributed by atoms with E-state index >= 15 is 0 Å². The first-order chi connectivity index (χ1) is 15.9. The Labute approximate surface area is 191 Å². The third kappa shape index (κ3) is 3.18. The van der Waals surface area contributed by atoms with Crippen LogP contribution in [0.15, 0.2) is 54.7 Å². The normalized spacial score (nSPS) is 28.9. The first-order valence-electron chi connectivity index (χ1n) is 11.8. The van der Waals surface area contributed by atoms with Gasteiger partial charge >= 0.3 is 5.97 Å². The number of carbonyl (C=O) groups is 2.